The molecule has 0 bridgehead atoms. The molecule has 0 spiro atoms. The number of para-hydroxylation sites is 1. The molecule has 0 aliphatic heterocycles. The van der Waals surface area contributed by atoms with Crippen LogP contribution < -0.4 is 0 Å². The lowest BCUT2D eigenvalue weighted by Gasteiger charge is -2.08. The van der Waals surface area contributed by atoms with Crippen LogP contribution in [0.5, 0.6) is 0 Å². The monoisotopic (exact) mass is 581 g/mol. The van der Waals surface area contributed by atoms with Gasteiger partial charge in [-0.05, 0) is 41.5 Å². The lowest BCUT2D eigenvalue weighted by Crippen LogP contribution is -2.00. The topological polar surface area (TPSA) is 51.8 Å². The van der Waals surface area contributed by atoms with Gasteiger partial charge < -0.3 is 4.42 Å². The van der Waals surface area contributed by atoms with Gasteiger partial charge in [-0.1, -0.05) is 109 Å². The van der Waals surface area contributed by atoms with Crippen LogP contribution in [-0.2, 0) is 0 Å². The minimum atomic E-state index is 0.581. The van der Waals surface area contributed by atoms with Gasteiger partial charge in [-0.2, -0.15) is 0 Å². The summed E-state index contributed by atoms with van der Waals surface area (Å²) >= 11 is 1.83. The van der Waals surface area contributed by atoms with E-state index in [2.05, 4.69) is 66.7 Å². The van der Waals surface area contributed by atoms with Crippen LogP contribution in [0.25, 0.3) is 87.4 Å². The number of hydrogen-bond donors (Lipinski definition) is 0. The lowest BCUT2D eigenvalue weighted by molar-refractivity contribution is 0.669. The molecule has 0 atom stereocenters. The summed E-state index contributed by atoms with van der Waals surface area (Å²) in [6, 6.07) is 48.0. The summed E-state index contributed by atoms with van der Waals surface area (Å²) in [5.41, 5.74) is 6.65. The molecule has 0 radical (unpaired) electrons. The normalized spacial score (nSPS) is 11.6. The van der Waals surface area contributed by atoms with Crippen LogP contribution in [-0.4, -0.2) is 15.0 Å². The first-order valence-electron chi connectivity index (χ1n) is 14.5. The lowest BCUT2D eigenvalue weighted by atomic mass is 9.98. The number of aromatic nitrogens is 3. The van der Waals surface area contributed by atoms with Crippen molar-refractivity contribution in [2.75, 3.05) is 0 Å². The van der Waals surface area contributed by atoms with Gasteiger partial charge in [0.1, 0.15) is 11.2 Å². The van der Waals surface area contributed by atoms with Gasteiger partial charge in [-0.3, -0.25) is 0 Å². The molecule has 9 rings (SSSR count). The molecule has 0 aliphatic rings. The van der Waals surface area contributed by atoms with E-state index in [0.717, 1.165) is 44.2 Å². The molecule has 5 heteroatoms. The highest BCUT2D eigenvalue weighted by Gasteiger charge is 2.18. The number of benzene rings is 6. The maximum atomic E-state index is 6.67. The third-order valence-corrected chi connectivity index (χ3v) is 9.29. The standard InChI is InChI=1S/C39H23N3OS/c1-3-11-24(12-4-1)37-40-38(25-13-5-2-6-14-25)42-39(41-37)31-18-9-17-29-28-22-21-26(23-32(28)43-36(29)31)27-16-10-20-34-35(27)30-15-7-8-19-33(30)44-34/h1-23H. The predicted octanol–water partition coefficient (Wildman–Crippen LogP) is 10.8. The number of fused-ring (bicyclic) bond motifs is 6. The molecule has 9 aromatic rings. The van der Waals surface area contributed by atoms with Crippen LogP contribution in [0.1, 0.15) is 0 Å². The van der Waals surface area contributed by atoms with E-state index in [0.29, 0.717) is 17.5 Å². The van der Waals surface area contributed by atoms with Crippen LogP contribution in [0, 0.1) is 0 Å². The maximum absolute atomic E-state index is 6.67. The fourth-order valence-corrected chi connectivity index (χ4v) is 7.22. The van der Waals surface area contributed by atoms with Gasteiger partial charge in [0.2, 0.25) is 0 Å². The summed E-state index contributed by atoms with van der Waals surface area (Å²) in [7, 11) is 0. The Kier molecular flexibility index (Phi) is 5.64. The SMILES string of the molecule is c1ccc(-c2nc(-c3ccccc3)nc(-c3cccc4c3oc3cc(-c5cccc6sc7ccccc7c56)ccc34)n2)cc1. The number of thiophene rings is 1. The first kappa shape index (κ1) is 24.9. The number of rotatable bonds is 4. The summed E-state index contributed by atoms with van der Waals surface area (Å²) in [5, 5.41) is 4.67. The molecule has 0 N–H and O–H groups in total. The van der Waals surface area contributed by atoms with Crippen molar-refractivity contribution < 1.29 is 4.42 Å². The van der Waals surface area contributed by atoms with Gasteiger partial charge >= 0.3 is 0 Å². The van der Waals surface area contributed by atoms with Crippen LogP contribution in [0.2, 0.25) is 0 Å². The van der Waals surface area contributed by atoms with E-state index in [1.165, 1.54) is 25.7 Å². The van der Waals surface area contributed by atoms with E-state index in [9.17, 15) is 0 Å². The third-order valence-electron chi connectivity index (χ3n) is 8.15. The van der Waals surface area contributed by atoms with E-state index in [4.69, 9.17) is 19.4 Å². The van der Waals surface area contributed by atoms with E-state index >= 15 is 0 Å². The largest absolute Gasteiger partial charge is 0.455 e. The molecule has 6 aromatic carbocycles. The summed E-state index contributed by atoms with van der Waals surface area (Å²) in [4.78, 5) is 14.8. The summed E-state index contributed by atoms with van der Waals surface area (Å²) in [6.45, 7) is 0. The second-order valence-corrected chi connectivity index (χ2v) is 11.9. The van der Waals surface area contributed by atoms with Crippen LogP contribution in [0.3, 0.4) is 0 Å². The summed E-state index contributed by atoms with van der Waals surface area (Å²) < 4.78 is 9.26. The van der Waals surface area contributed by atoms with E-state index in [-0.39, 0.29) is 0 Å². The molecule has 0 aliphatic carbocycles. The Bertz CT molecular complexity index is 2440. The van der Waals surface area contributed by atoms with E-state index in [1.54, 1.807) is 0 Å². The fourth-order valence-electron chi connectivity index (χ4n) is 6.09. The van der Waals surface area contributed by atoms with Crippen molar-refractivity contribution in [3.05, 3.63) is 140 Å². The molecule has 3 heterocycles. The molecule has 0 unspecified atom stereocenters. The quantitative estimate of drug-likeness (QED) is 0.207. The Morgan fingerprint density at radius 3 is 1.82 bits per heavy atom. The van der Waals surface area contributed by atoms with Crippen molar-refractivity contribution in [3.63, 3.8) is 0 Å². The Labute approximate surface area is 256 Å². The van der Waals surface area contributed by atoms with Crippen molar-refractivity contribution in [2.24, 2.45) is 0 Å². The second-order valence-electron chi connectivity index (χ2n) is 10.8. The number of furan rings is 1. The van der Waals surface area contributed by atoms with E-state index < -0.39 is 0 Å². The van der Waals surface area contributed by atoms with Crippen molar-refractivity contribution in [1.29, 1.82) is 0 Å². The molecular formula is C39H23N3OS. The Balaban J connectivity index is 1.24. The van der Waals surface area contributed by atoms with Gasteiger partial charge in [-0.25, -0.2) is 15.0 Å². The zero-order valence-electron chi connectivity index (χ0n) is 23.4. The molecule has 44 heavy (non-hydrogen) atoms. The first-order chi connectivity index (χ1) is 21.8. The number of nitrogens with zero attached hydrogens (tertiary/aromatic N) is 3. The average molecular weight is 582 g/mol. The van der Waals surface area contributed by atoms with Crippen molar-refractivity contribution >= 4 is 53.4 Å². The zero-order chi connectivity index (χ0) is 29.0. The molecule has 3 aromatic heterocycles. The van der Waals surface area contributed by atoms with Crippen molar-refractivity contribution in [2.45, 2.75) is 0 Å². The van der Waals surface area contributed by atoms with Crippen LogP contribution in [0.4, 0.5) is 0 Å². The Morgan fingerprint density at radius 1 is 0.432 bits per heavy atom. The Morgan fingerprint density at radius 2 is 1.05 bits per heavy atom. The van der Waals surface area contributed by atoms with E-state index in [1.807, 2.05) is 84.1 Å². The predicted molar refractivity (Wildman–Crippen MR) is 182 cm³/mol. The second kappa shape index (κ2) is 9.97. The highest BCUT2D eigenvalue weighted by molar-refractivity contribution is 7.25. The zero-order valence-corrected chi connectivity index (χ0v) is 24.3. The minimum Gasteiger partial charge on any atom is -0.455 e. The smallest absolute Gasteiger partial charge is 0.167 e. The fraction of sp³-hybridized carbons (Fsp3) is 0. The highest BCUT2D eigenvalue weighted by atomic mass is 32.1. The molecule has 0 amide bonds. The summed E-state index contributed by atoms with van der Waals surface area (Å²) in [5.74, 6) is 1.83. The van der Waals surface area contributed by atoms with Gasteiger partial charge in [-0.15, -0.1) is 11.3 Å². The summed E-state index contributed by atoms with van der Waals surface area (Å²) in [6.07, 6.45) is 0. The van der Waals surface area contributed by atoms with Gasteiger partial charge in [0.05, 0.1) is 5.56 Å². The Hall–Kier alpha value is -5.65. The molecular weight excluding hydrogens is 559 g/mol. The van der Waals surface area contributed by atoms with Crippen molar-refractivity contribution in [3.8, 4) is 45.3 Å². The average Bonchev–Trinajstić information content (AvgIpc) is 3.67. The van der Waals surface area contributed by atoms with Crippen LogP contribution in [0.15, 0.2) is 144 Å². The van der Waals surface area contributed by atoms with Crippen LogP contribution >= 0.6 is 11.3 Å². The van der Waals surface area contributed by atoms with Gasteiger partial charge in [0.15, 0.2) is 17.5 Å². The highest BCUT2D eigenvalue weighted by Crippen LogP contribution is 2.42. The van der Waals surface area contributed by atoms with Gasteiger partial charge in [0, 0.05) is 42.1 Å². The molecule has 0 fully saturated rings. The van der Waals surface area contributed by atoms with Gasteiger partial charge in [0.25, 0.3) is 0 Å². The molecule has 206 valence electrons. The maximum Gasteiger partial charge on any atom is 0.167 e. The minimum absolute atomic E-state index is 0.581. The van der Waals surface area contributed by atoms with Crippen molar-refractivity contribution in [1.82, 2.24) is 15.0 Å². The molecule has 0 saturated heterocycles. The third kappa shape index (κ3) is 4.02. The molecule has 0 saturated carbocycles. The number of hydrogen-bond acceptors (Lipinski definition) is 5. The first-order valence-corrected chi connectivity index (χ1v) is 15.3. The molecule has 4 nitrogen and oxygen atoms in total.